The predicted molar refractivity (Wildman–Crippen MR) is 66.0 cm³/mol. The van der Waals surface area contributed by atoms with E-state index in [1.807, 2.05) is 32.0 Å². The van der Waals surface area contributed by atoms with Crippen LogP contribution >= 0.6 is 0 Å². The number of carboxylic acid groups (broad SMARTS) is 1. The van der Waals surface area contributed by atoms with Gasteiger partial charge in [-0.25, -0.2) is 0 Å². The first kappa shape index (κ1) is 13.7. The molecule has 0 radical (unpaired) electrons. The number of benzene rings is 1. The molecule has 1 rings (SSSR count). The summed E-state index contributed by atoms with van der Waals surface area (Å²) >= 11 is 0. The van der Waals surface area contributed by atoms with Gasteiger partial charge in [0.1, 0.15) is 6.04 Å². The second kappa shape index (κ2) is 5.80. The van der Waals surface area contributed by atoms with Crippen molar-refractivity contribution >= 4 is 5.97 Å². The highest BCUT2D eigenvalue weighted by Gasteiger charge is 2.14. The van der Waals surface area contributed by atoms with Crippen LogP contribution in [-0.4, -0.2) is 28.8 Å². The van der Waals surface area contributed by atoms with Gasteiger partial charge in [-0.2, -0.15) is 0 Å². The van der Waals surface area contributed by atoms with Crippen LogP contribution in [0, 0.1) is 13.8 Å². The van der Waals surface area contributed by atoms with Gasteiger partial charge in [0.15, 0.2) is 0 Å². The molecule has 4 heteroatoms. The summed E-state index contributed by atoms with van der Waals surface area (Å²) in [6.45, 7) is 5.72. The Bertz CT molecular complexity index is 404. The average Bonchev–Trinajstić information content (AvgIpc) is 2.25. The van der Waals surface area contributed by atoms with E-state index >= 15 is 0 Å². The SMILES string of the molecule is Cc1ccc(C(O)CNC(C)C(=O)O)c(C)c1. The van der Waals surface area contributed by atoms with Gasteiger partial charge in [0.05, 0.1) is 6.10 Å². The number of hydrogen-bond donors (Lipinski definition) is 3. The highest BCUT2D eigenvalue weighted by atomic mass is 16.4. The summed E-state index contributed by atoms with van der Waals surface area (Å²) in [5.41, 5.74) is 2.99. The van der Waals surface area contributed by atoms with Crippen molar-refractivity contribution < 1.29 is 15.0 Å². The fourth-order valence-electron chi connectivity index (χ4n) is 1.69. The van der Waals surface area contributed by atoms with E-state index in [0.717, 1.165) is 16.7 Å². The second-order valence-corrected chi connectivity index (χ2v) is 4.34. The number of carboxylic acids is 1. The molecule has 0 amide bonds. The van der Waals surface area contributed by atoms with Gasteiger partial charge in [-0.3, -0.25) is 4.79 Å². The van der Waals surface area contributed by atoms with Crippen molar-refractivity contribution in [3.05, 3.63) is 34.9 Å². The summed E-state index contributed by atoms with van der Waals surface area (Å²) in [5.74, 6) is -0.919. The maximum absolute atomic E-state index is 10.6. The van der Waals surface area contributed by atoms with Gasteiger partial charge in [0, 0.05) is 6.54 Å². The maximum Gasteiger partial charge on any atom is 0.320 e. The van der Waals surface area contributed by atoms with E-state index in [2.05, 4.69) is 5.32 Å². The quantitative estimate of drug-likeness (QED) is 0.724. The minimum atomic E-state index is -0.919. The zero-order valence-electron chi connectivity index (χ0n) is 10.4. The summed E-state index contributed by atoms with van der Waals surface area (Å²) < 4.78 is 0. The molecule has 0 bridgehead atoms. The Hall–Kier alpha value is -1.39. The van der Waals surface area contributed by atoms with Crippen LogP contribution < -0.4 is 5.32 Å². The molecule has 0 fully saturated rings. The van der Waals surface area contributed by atoms with Gasteiger partial charge in [0.2, 0.25) is 0 Å². The van der Waals surface area contributed by atoms with Crippen molar-refractivity contribution in [2.24, 2.45) is 0 Å². The van der Waals surface area contributed by atoms with Gasteiger partial charge in [-0.05, 0) is 31.9 Å². The van der Waals surface area contributed by atoms with E-state index in [4.69, 9.17) is 5.11 Å². The van der Waals surface area contributed by atoms with Crippen molar-refractivity contribution in [2.75, 3.05) is 6.54 Å². The van der Waals surface area contributed by atoms with Gasteiger partial charge >= 0.3 is 5.97 Å². The minimum absolute atomic E-state index is 0.233. The van der Waals surface area contributed by atoms with E-state index in [1.165, 1.54) is 0 Å². The molecule has 1 aromatic carbocycles. The smallest absolute Gasteiger partial charge is 0.320 e. The first-order chi connectivity index (χ1) is 7.91. The molecule has 17 heavy (non-hydrogen) atoms. The molecule has 2 unspecified atom stereocenters. The Kier molecular flexibility index (Phi) is 4.66. The molecule has 0 spiro atoms. The van der Waals surface area contributed by atoms with Crippen LogP contribution in [0.5, 0.6) is 0 Å². The fourth-order valence-corrected chi connectivity index (χ4v) is 1.69. The molecule has 94 valence electrons. The van der Waals surface area contributed by atoms with Crippen molar-refractivity contribution in [3.8, 4) is 0 Å². The Balaban J connectivity index is 2.64. The Morgan fingerprint density at radius 1 is 1.41 bits per heavy atom. The summed E-state index contributed by atoms with van der Waals surface area (Å²) in [5, 5.41) is 21.5. The molecule has 0 heterocycles. The third-order valence-electron chi connectivity index (χ3n) is 2.77. The molecule has 0 saturated heterocycles. The number of aliphatic hydroxyl groups excluding tert-OH is 1. The molecular weight excluding hydrogens is 218 g/mol. The van der Waals surface area contributed by atoms with Gasteiger partial charge in [-0.1, -0.05) is 23.8 Å². The van der Waals surface area contributed by atoms with E-state index in [1.54, 1.807) is 6.92 Å². The predicted octanol–water partition coefficient (Wildman–Crippen LogP) is 1.40. The first-order valence-electron chi connectivity index (χ1n) is 5.63. The van der Waals surface area contributed by atoms with Gasteiger partial charge < -0.3 is 15.5 Å². The summed E-state index contributed by atoms with van der Waals surface area (Å²) in [7, 11) is 0. The Morgan fingerprint density at radius 2 is 2.06 bits per heavy atom. The van der Waals surface area contributed by atoms with Crippen LogP contribution in [0.2, 0.25) is 0 Å². The standard InChI is InChI=1S/C13H19NO3/c1-8-4-5-11(9(2)6-8)12(15)7-14-10(3)13(16)17/h4-6,10,12,14-15H,7H2,1-3H3,(H,16,17). The zero-order chi connectivity index (χ0) is 13.0. The monoisotopic (exact) mass is 237 g/mol. The number of nitrogens with one attached hydrogen (secondary N) is 1. The van der Waals surface area contributed by atoms with E-state index in [-0.39, 0.29) is 6.54 Å². The van der Waals surface area contributed by atoms with Gasteiger partial charge in [0.25, 0.3) is 0 Å². The van der Waals surface area contributed by atoms with Gasteiger partial charge in [-0.15, -0.1) is 0 Å². The number of hydrogen-bond acceptors (Lipinski definition) is 3. The molecule has 1 aromatic rings. The van der Waals surface area contributed by atoms with Crippen LogP contribution in [-0.2, 0) is 4.79 Å². The van der Waals surface area contributed by atoms with Crippen molar-refractivity contribution in [1.82, 2.24) is 5.32 Å². The highest BCUT2D eigenvalue weighted by Crippen LogP contribution is 2.18. The van der Waals surface area contributed by atoms with Crippen LogP contribution in [0.25, 0.3) is 0 Å². The molecule has 4 nitrogen and oxygen atoms in total. The lowest BCUT2D eigenvalue weighted by atomic mass is 10.0. The number of rotatable bonds is 5. The lowest BCUT2D eigenvalue weighted by Gasteiger charge is -2.16. The normalized spacial score (nSPS) is 14.4. The number of carbonyl (C=O) groups is 1. The fraction of sp³-hybridized carbons (Fsp3) is 0.462. The molecule has 3 N–H and O–H groups in total. The maximum atomic E-state index is 10.6. The number of aryl methyl sites for hydroxylation is 2. The van der Waals surface area contributed by atoms with Crippen LogP contribution in [0.1, 0.15) is 29.7 Å². The Morgan fingerprint density at radius 3 is 2.59 bits per heavy atom. The van der Waals surface area contributed by atoms with Crippen molar-refractivity contribution in [2.45, 2.75) is 32.9 Å². The topological polar surface area (TPSA) is 69.6 Å². The minimum Gasteiger partial charge on any atom is -0.480 e. The average molecular weight is 237 g/mol. The zero-order valence-corrected chi connectivity index (χ0v) is 10.4. The third kappa shape index (κ3) is 3.84. The summed E-state index contributed by atoms with van der Waals surface area (Å²) in [6, 6.07) is 5.16. The van der Waals surface area contributed by atoms with Crippen LogP contribution in [0.3, 0.4) is 0 Å². The molecular formula is C13H19NO3. The largest absolute Gasteiger partial charge is 0.480 e. The summed E-state index contributed by atoms with van der Waals surface area (Å²) in [6.07, 6.45) is -0.683. The van der Waals surface area contributed by atoms with Crippen molar-refractivity contribution in [3.63, 3.8) is 0 Å². The molecule has 0 aliphatic heterocycles. The molecule has 0 saturated carbocycles. The summed E-state index contributed by atoms with van der Waals surface area (Å²) in [4.78, 5) is 10.6. The second-order valence-electron chi connectivity index (χ2n) is 4.34. The van der Waals surface area contributed by atoms with E-state index < -0.39 is 18.1 Å². The molecule has 0 aromatic heterocycles. The third-order valence-corrected chi connectivity index (χ3v) is 2.77. The van der Waals surface area contributed by atoms with E-state index in [0.29, 0.717) is 0 Å². The first-order valence-corrected chi connectivity index (χ1v) is 5.63. The van der Waals surface area contributed by atoms with Crippen molar-refractivity contribution in [1.29, 1.82) is 0 Å². The van der Waals surface area contributed by atoms with Crippen LogP contribution in [0.15, 0.2) is 18.2 Å². The Labute approximate surface area is 101 Å². The number of aliphatic carboxylic acids is 1. The lowest BCUT2D eigenvalue weighted by Crippen LogP contribution is -2.36. The molecule has 0 aliphatic carbocycles. The van der Waals surface area contributed by atoms with E-state index in [9.17, 15) is 9.90 Å². The van der Waals surface area contributed by atoms with Crippen LogP contribution in [0.4, 0.5) is 0 Å². The number of aliphatic hydroxyl groups is 1. The molecule has 2 atom stereocenters. The highest BCUT2D eigenvalue weighted by molar-refractivity contribution is 5.72. The lowest BCUT2D eigenvalue weighted by molar-refractivity contribution is -0.139. The molecule has 0 aliphatic rings.